The predicted molar refractivity (Wildman–Crippen MR) is 87.4 cm³/mol. The molecule has 2 aromatic rings. The zero-order valence-electron chi connectivity index (χ0n) is 13.4. The number of benzene rings is 1. The van der Waals surface area contributed by atoms with Crippen molar-refractivity contribution in [1.82, 2.24) is 20.0 Å². The fourth-order valence-corrected chi connectivity index (χ4v) is 2.84. The number of amides is 2. The smallest absolute Gasteiger partial charge is 0.257 e. The topological polar surface area (TPSA) is 87.5 Å². The number of hydrogen-bond acceptors (Lipinski definition) is 4. The molecule has 7 heteroatoms. The second-order valence-corrected chi connectivity index (χ2v) is 5.96. The third-order valence-electron chi connectivity index (χ3n) is 4.17. The molecule has 0 spiro atoms. The first-order valence-electron chi connectivity index (χ1n) is 7.86. The molecule has 0 bridgehead atoms. The number of aliphatic hydroxyl groups is 1. The zero-order valence-corrected chi connectivity index (χ0v) is 13.4. The molecule has 0 radical (unpaired) electrons. The number of likely N-dealkylation sites (tertiary alicyclic amines) is 1. The van der Waals surface area contributed by atoms with Crippen molar-refractivity contribution in [2.24, 2.45) is 7.05 Å². The molecule has 2 amide bonds. The van der Waals surface area contributed by atoms with Gasteiger partial charge in [0.15, 0.2) is 0 Å². The van der Waals surface area contributed by atoms with E-state index in [-0.39, 0.29) is 24.4 Å². The number of piperidine rings is 1. The van der Waals surface area contributed by atoms with Gasteiger partial charge in [-0.3, -0.25) is 14.3 Å². The Kier molecular flexibility index (Phi) is 4.61. The van der Waals surface area contributed by atoms with Crippen LogP contribution in [0, 0.1) is 0 Å². The van der Waals surface area contributed by atoms with Crippen molar-refractivity contribution in [1.29, 1.82) is 0 Å². The minimum absolute atomic E-state index is 0.157. The van der Waals surface area contributed by atoms with Gasteiger partial charge in [-0.2, -0.15) is 5.10 Å². The van der Waals surface area contributed by atoms with Crippen molar-refractivity contribution < 1.29 is 14.7 Å². The first-order valence-corrected chi connectivity index (χ1v) is 7.86. The Morgan fingerprint density at radius 2 is 2.00 bits per heavy atom. The minimum atomic E-state index is -0.799. The molecule has 1 aromatic heterocycles. The monoisotopic (exact) mass is 328 g/mol. The summed E-state index contributed by atoms with van der Waals surface area (Å²) in [6.45, 7) is 0.665. The molecule has 0 saturated carbocycles. The quantitative estimate of drug-likeness (QED) is 0.855. The Balaban J connectivity index is 1.59. The molecule has 1 saturated heterocycles. The van der Waals surface area contributed by atoms with Crippen LogP contribution in [-0.4, -0.2) is 56.8 Å². The van der Waals surface area contributed by atoms with E-state index < -0.39 is 6.10 Å². The second kappa shape index (κ2) is 6.84. The van der Waals surface area contributed by atoms with Crippen LogP contribution in [0.25, 0.3) is 0 Å². The number of rotatable bonds is 3. The maximum absolute atomic E-state index is 12.4. The highest BCUT2D eigenvalue weighted by atomic mass is 16.3. The molecule has 2 heterocycles. The maximum Gasteiger partial charge on any atom is 0.257 e. The summed E-state index contributed by atoms with van der Waals surface area (Å²) in [6.07, 6.45) is 2.87. The lowest BCUT2D eigenvalue weighted by atomic mass is 10.0. The van der Waals surface area contributed by atoms with Gasteiger partial charge in [0.1, 0.15) is 0 Å². The lowest BCUT2D eigenvalue weighted by Gasteiger charge is -2.36. The Labute approximate surface area is 139 Å². The summed E-state index contributed by atoms with van der Waals surface area (Å²) < 4.78 is 1.57. The first kappa shape index (κ1) is 16.2. The van der Waals surface area contributed by atoms with Crippen molar-refractivity contribution in [3.63, 3.8) is 0 Å². The number of aromatic nitrogens is 2. The van der Waals surface area contributed by atoms with Crippen LogP contribution in [0.1, 0.15) is 27.1 Å². The number of carbonyl (C=O) groups is 2. The Morgan fingerprint density at radius 1 is 1.25 bits per heavy atom. The number of nitrogens with zero attached hydrogens (tertiary/aromatic N) is 3. The van der Waals surface area contributed by atoms with Crippen LogP contribution >= 0.6 is 0 Å². The summed E-state index contributed by atoms with van der Waals surface area (Å²) in [6, 6.07) is 8.51. The lowest BCUT2D eigenvalue weighted by Crippen LogP contribution is -2.55. The van der Waals surface area contributed by atoms with E-state index in [1.54, 1.807) is 47.1 Å². The number of β-amino-alcohol motifs (C(OH)–C–C–N with tert-alkyl or cyclic N) is 1. The number of hydrogen-bond donors (Lipinski definition) is 2. The summed E-state index contributed by atoms with van der Waals surface area (Å²) in [7, 11) is 1.75. The molecule has 1 aliphatic rings. The molecule has 0 unspecified atom stereocenters. The highest BCUT2D eigenvalue weighted by molar-refractivity contribution is 5.95. The zero-order chi connectivity index (χ0) is 17.1. The van der Waals surface area contributed by atoms with Crippen molar-refractivity contribution in [2.75, 3.05) is 13.1 Å². The average molecular weight is 328 g/mol. The highest BCUT2D eigenvalue weighted by Gasteiger charge is 2.32. The third-order valence-corrected chi connectivity index (χ3v) is 4.17. The molecular weight excluding hydrogens is 308 g/mol. The van der Waals surface area contributed by atoms with Gasteiger partial charge >= 0.3 is 0 Å². The molecule has 126 valence electrons. The molecule has 1 aliphatic heterocycles. The number of aryl methyl sites for hydroxylation is 1. The van der Waals surface area contributed by atoms with Gasteiger partial charge < -0.3 is 15.3 Å². The van der Waals surface area contributed by atoms with Crippen LogP contribution in [-0.2, 0) is 7.05 Å². The maximum atomic E-state index is 12.4. The van der Waals surface area contributed by atoms with Crippen molar-refractivity contribution in [3.8, 4) is 0 Å². The summed E-state index contributed by atoms with van der Waals surface area (Å²) >= 11 is 0. The van der Waals surface area contributed by atoms with E-state index in [4.69, 9.17) is 0 Å². The van der Waals surface area contributed by atoms with Crippen LogP contribution in [0.5, 0.6) is 0 Å². The average Bonchev–Trinajstić information content (AvgIpc) is 3.03. The molecule has 3 rings (SSSR count). The van der Waals surface area contributed by atoms with Gasteiger partial charge in [0.25, 0.3) is 11.8 Å². The minimum Gasteiger partial charge on any atom is -0.389 e. The van der Waals surface area contributed by atoms with Gasteiger partial charge in [0.05, 0.1) is 23.9 Å². The van der Waals surface area contributed by atoms with E-state index in [9.17, 15) is 14.7 Å². The molecule has 0 aliphatic carbocycles. The van der Waals surface area contributed by atoms with Gasteiger partial charge in [-0.25, -0.2) is 0 Å². The molecule has 1 fully saturated rings. The summed E-state index contributed by atoms with van der Waals surface area (Å²) in [5.74, 6) is -0.373. The summed E-state index contributed by atoms with van der Waals surface area (Å²) in [4.78, 5) is 26.2. The Morgan fingerprint density at radius 3 is 2.62 bits per heavy atom. The van der Waals surface area contributed by atoms with Crippen LogP contribution < -0.4 is 5.32 Å². The Hall–Kier alpha value is -2.67. The second-order valence-electron chi connectivity index (χ2n) is 5.96. The van der Waals surface area contributed by atoms with Gasteiger partial charge in [0, 0.05) is 31.9 Å². The fourth-order valence-electron chi connectivity index (χ4n) is 2.84. The van der Waals surface area contributed by atoms with E-state index in [0.717, 1.165) is 0 Å². The Bertz CT molecular complexity index is 728. The van der Waals surface area contributed by atoms with E-state index in [2.05, 4.69) is 10.4 Å². The summed E-state index contributed by atoms with van der Waals surface area (Å²) in [5, 5.41) is 17.1. The predicted octanol–water partition coefficient (Wildman–Crippen LogP) is 0.425. The van der Waals surface area contributed by atoms with E-state index >= 15 is 0 Å². The van der Waals surface area contributed by atoms with Crippen LogP contribution in [0.2, 0.25) is 0 Å². The molecule has 2 atom stereocenters. The van der Waals surface area contributed by atoms with Crippen molar-refractivity contribution in [2.45, 2.75) is 18.6 Å². The third kappa shape index (κ3) is 3.46. The summed E-state index contributed by atoms with van der Waals surface area (Å²) in [5.41, 5.74) is 1.05. The lowest BCUT2D eigenvalue weighted by molar-refractivity contribution is 0.0315. The van der Waals surface area contributed by atoms with Gasteiger partial charge in [-0.15, -0.1) is 0 Å². The largest absolute Gasteiger partial charge is 0.389 e. The molecule has 24 heavy (non-hydrogen) atoms. The van der Waals surface area contributed by atoms with E-state index in [1.165, 1.54) is 6.20 Å². The normalized spacial score (nSPS) is 20.7. The molecular formula is C17H20N4O3. The fraction of sp³-hybridized carbons (Fsp3) is 0.353. The van der Waals surface area contributed by atoms with Crippen LogP contribution in [0.3, 0.4) is 0 Å². The van der Waals surface area contributed by atoms with Crippen molar-refractivity contribution in [3.05, 3.63) is 53.9 Å². The molecule has 1 aromatic carbocycles. The van der Waals surface area contributed by atoms with E-state index in [1.807, 2.05) is 6.07 Å². The van der Waals surface area contributed by atoms with Crippen LogP contribution in [0.4, 0.5) is 0 Å². The number of nitrogens with one attached hydrogen (secondary N) is 1. The highest BCUT2D eigenvalue weighted by Crippen LogP contribution is 2.15. The molecule has 2 N–H and O–H groups in total. The van der Waals surface area contributed by atoms with Gasteiger partial charge in [-0.1, -0.05) is 18.2 Å². The SMILES string of the molecule is Cn1cc(C(=O)N2CC[C@@H](NC(=O)c3ccccc3)[C@H](O)C2)cn1. The molecule has 7 nitrogen and oxygen atoms in total. The van der Waals surface area contributed by atoms with Crippen molar-refractivity contribution >= 4 is 11.8 Å². The van der Waals surface area contributed by atoms with Gasteiger partial charge in [0.2, 0.25) is 0 Å². The first-order chi connectivity index (χ1) is 11.5. The van der Waals surface area contributed by atoms with E-state index in [0.29, 0.717) is 24.1 Å². The number of aliphatic hydroxyl groups excluding tert-OH is 1. The van der Waals surface area contributed by atoms with Gasteiger partial charge in [-0.05, 0) is 18.6 Å². The standard InChI is InChI=1S/C17H20N4O3/c1-20-10-13(9-18-20)17(24)21-8-7-14(15(22)11-21)19-16(23)12-5-3-2-4-6-12/h2-6,9-10,14-15,22H,7-8,11H2,1H3,(H,19,23)/t14-,15-/m1/s1. The van der Waals surface area contributed by atoms with Crippen LogP contribution in [0.15, 0.2) is 42.7 Å². The number of carbonyl (C=O) groups excluding carboxylic acids is 2.